The zero-order valence-corrected chi connectivity index (χ0v) is 20.5. The number of hydrogen-bond acceptors (Lipinski definition) is 7. The summed E-state index contributed by atoms with van der Waals surface area (Å²) in [6.45, 7) is 1.59. The van der Waals surface area contributed by atoms with Gasteiger partial charge < -0.3 is 14.9 Å². The van der Waals surface area contributed by atoms with Crippen molar-refractivity contribution in [3.8, 4) is 11.5 Å². The van der Waals surface area contributed by atoms with E-state index >= 15 is 0 Å². The van der Waals surface area contributed by atoms with Gasteiger partial charge in [0.2, 0.25) is 11.8 Å². The number of Topliss-reactive ketones (excluding diaryl/α,β-unsaturated/α-hetero) is 1. The lowest BCUT2D eigenvalue weighted by molar-refractivity contribution is -0.142. The summed E-state index contributed by atoms with van der Waals surface area (Å²) in [4.78, 5) is 65.4. The van der Waals surface area contributed by atoms with Gasteiger partial charge >= 0.3 is 5.97 Å². The topological polar surface area (TPSA) is 138 Å². The van der Waals surface area contributed by atoms with Crippen LogP contribution in [0.15, 0.2) is 52.6 Å². The van der Waals surface area contributed by atoms with Crippen LogP contribution in [0.2, 0.25) is 0 Å². The second-order valence-electron chi connectivity index (χ2n) is 9.95. The molecular formula is C28H27NO8. The number of hydrogen-bond donors (Lipinski definition) is 2. The first-order valence-electron chi connectivity index (χ1n) is 12.3. The molecule has 0 bridgehead atoms. The monoisotopic (exact) mass is 505 g/mol. The van der Waals surface area contributed by atoms with E-state index in [2.05, 4.69) is 0 Å². The predicted octanol–water partition coefficient (Wildman–Crippen LogP) is 2.70. The van der Waals surface area contributed by atoms with Crippen LogP contribution >= 0.6 is 0 Å². The lowest BCUT2D eigenvalue weighted by Gasteiger charge is -2.42. The van der Waals surface area contributed by atoms with Gasteiger partial charge in [0.05, 0.1) is 18.9 Å². The number of phenolic OH excluding ortho intramolecular Hbond substituents is 1. The fourth-order valence-corrected chi connectivity index (χ4v) is 6.39. The molecule has 2 amide bonds. The minimum absolute atomic E-state index is 0.0168. The second kappa shape index (κ2) is 9.14. The van der Waals surface area contributed by atoms with E-state index in [1.807, 2.05) is 6.08 Å². The van der Waals surface area contributed by atoms with Crippen molar-refractivity contribution < 1.29 is 38.9 Å². The number of carbonyl (C=O) groups excluding carboxylic acids is 4. The Morgan fingerprint density at radius 1 is 1.14 bits per heavy atom. The van der Waals surface area contributed by atoms with E-state index in [-0.39, 0.29) is 66.9 Å². The molecule has 1 heterocycles. The number of benzene rings is 1. The molecule has 3 aliphatic carbocycles. The maximum atomic E-state index is 13.6. The summed E-state index contributed by atoms with van der Waals surface area (Å²) in [5.41, 5.74) is 1.92. The summed E-state index contributed by atoms with van der Waals surface area (Å²) in [5.74, 6) is -4.79. The Morgan fingerprint density at radius 2 is 1.89 bits per heavy atom. The number of aromatic hydroxyl groups is 1. The molecular weight excluding hydrogens is 478 g/mol. The van der Waals surface area contributed by atoms with E-state index in [0.29, 0.717) is 28.0 Å². The van der Waals surface area contributed by atoms with Gasteiger partial charge in [-0.2, -0.15) is 0 Å². The molecule has 192 valence electrons. The second-order valence-corrected chi connectivity index (χ2v) is 9.95. The number of imide groups is 1. The molecule has 0 unspecified atom stereocenters. The van der Waals surface area contributed by atoms with E-state index < -0.39 is 29.6 Å². The Kier molecular flexibility index (Phi) is 6.09. The first-order valence-corrected chi connectivity index (χ1v) is 12.3. The summed E-state index contributed by atoms with van der Waals surface area (Å²) in [5, 5.41) is 19.9. The zero-order chi connectivity index (χ0) is 26.6. The predicted molar refractivity (Wildman–Crippen MR) is 130 cm³/mol. The maximum Gasteiger partial charge on any atom is 0.303 e. The van der Waals surface area contributed by atoms with Gasteiger partial charge in [-0.05, 0) is 50.3 Å². The number of ether oxygens (including phenoxy) is 1. The van der Waals surface area contributed by atoms with Crippen LogP contribution in [0.3, 0.4) is 0 Å². The number of allylic oxidation sites excluding steroid dienone is 6. The molecule has 4 atom stereocenters. The molecule has 5 rings (SSSR count). The van der Waals surface area contributed by atoms with Crippen LogP contribution < -0.4 is 4.74 Å². The van der Waals surface area contributed by atoms with Crippen molar-refractivity contribution in [2.24, 2.45) is 17.8 Å². The molecule has 0 radical (unpaired) electrons. The molecule has 1 aromatic rings. The molecule has 0 saturated carbocycles. The summed E-state index contributed by atoms with van der Waals surface area (Å²) < 4.78 is 5.53. The van der Waals surface area contributed by atoms with Gasteiger partial charge in [0.1, 0.15) is 11.5 Å². The van der Waals surface area contributed by atoms with Crippen molar-refractivity contribution >= 4 is 29.4 Å². The number of aliphatic carboxylic acids is 1. The molecule has 1 aromatic carbocycles. The number of nitrogens with zero attached hydrogens (tertiary/aromatic N) is 1. The van der Waals surface area contributed by atoms with E-state index in [0.717, 1.165) is 4.90 Å². The maximum absolute atomic E-state index is 13.6. The molecule has 4 aliphatic rings. The standard InChI is InChI=1S/C28H27NO8/c1-13-11-19(31)23-17(26(13)34)12-16-14(24(23)25-18(30)5-3-6-20(25)37-2)8-9-15-22(16)28(36)29(27(15)35)10-4-7-21(32)33/h3,5-6,8,11,15-16,22,24,30H,4,7,9-10,12H2,1-2H3,(H,32,33)/t15-,16+,22-,24-/m0/s1. The van der Waals surface area contributed by atoms with E-state index in [1.54, 1.807) is 19.1 Å². The number of methoxy groups -OCH3 is 1. The number of amides is 2. The minimum atomic E-state index is -1.00. The normalized spacial score (nSPS) is 26.9. The summed E-state index contributed by atoms with van der Waals surface area (Å²) in [6.07, 6.45) is 3.56. The van der Waals surface area contributed by atoms with Gasteiger partial charge in [-0.1, -0.05) is 17.7 Å². The Morgan fingerprint density at radius 3 is 2.59 bits per heavy atom. The Balaban J connectivity index is 1.62. The third-order valence-corrected chi connectivity index (χ3v) is 7.98. The SMILES string of the molecule is COc1cccc(O)c1[C@H]1C2=CC[C@@H]3C(=O)N(CCCC(=O)O)C(=O)[C@@H]3[C@@H]2CC2=C1C(=O)C=C(C)C2=O. The zero-order valence-electron chi connectivity index (χ0n) is 20.5. The van der Waals surface area contributed by atoms with Gasteiger partial charge in [-0.3, -0.25) is 28.9 Å². The number of ketones is 2. The average molecular weight is 506 g/mol. The Bertz CT molecular complexity index is 1350. The highest BCUT2D eigenvalue weighted by Crippen LogP contribution is 2.57. The third kappa shape index (κ3) is 3.80. The van der Waals surface area contributed by atoms with Gasteiger partial charge in [-0.25, -0.2) is 0 Å². The molecule has 1 aliphatic heterocycles. The molecule has 2 N–H and O–H groups in total. The van der Waals surface area contributed by atoms with Gasteiger partial charge in [0.25, 0.3) is 0 Å². The Hall–Kier alpha value is -4.01. The molecule has 0 spiro atoms. The number of carboxylic acid groups (broad SMARTS) is 1. The van der Waals surface area contributed by atoms with Gasteiger partial charge in [0.15, 0.2) is 11.6 Å². The third-order valence-electron chi connectivity index (χ3n) is 7.98. The van der Waals surface area contributed by atoms with Gasteiger partial charge in [-0.15, -0.1) is 0 Å². The Labute approximate surface area is 213 Å². The lowest BCUT2D eigenvalue weighted by Crippen LogP contribution is -2.40. The molecule has 9 nitrogen and oxygen atoms in total. The minimum Gasteiger partial charge on any atom is -0.507 e. The first-order chi connectivity index (χ1) is 17.6. The largest absolute Gasteiger partial charge is 0.507 e. The van der Waals surface area contributed by atoms with Crippen molar-refractivity contribution in [2.75, 3.05) is 13.7 Å². The van der Waals surface area contributed by atoms with E-state index in [1.165, 1.54) is 19.3 Å². The lowest BCUT2D eigenvalue weighted by atomic mass is 9.59. The van der Waals surface area contributed by atoms with Crippen molar-refractivity contribution in [3.63, 3.8) is 0 Å². The van der Waals surface area contributed by atoms with Crippen LogP contribution in [0.25, 0.3) is 0 Å². The average Bonchev–Trinajstić information content (AvgIpc) is 3.11. The quantitative estimate of drug-likeness (QED) is 0.342. The number of phenols is 1. The smallest absolute Gasteiger partial charge is 0.303 e. The van der Waals surface area contributed by atoms with Crippen molar-refractivity contribution in [3.05, 3.63) is 58.2 Å². The van der Waals surface area contributed by atoms with Crippen molar-refractivity contribution in [1.82, 2.24) is 4.90 Å². The summed E-state index contributed by atoms with van der Waals surface area (Å²) in [6, 6.07) is 4.76. The summed E-state index contributed by atoms with van der Waals surface area (Å²) in [7, 11) is 1.45. The van der Waals surface area contributed by atoms with Crippen molar-refractivity contribution in [2.45, 2.75) is 38.5 Å². The molecule has 1 saturated heterocycles. The molecule has 1 fully saturated rings. The van der Waals surface area contributed by atoms with Crippen LogP contribution in [0, 0.1) is 17.8 Å². The number of rotatable bonds is 6. The number of carbonyl (C=O) groups is 5. The van der Waals surface area contributed by atoms with Crippen LogP contribution in [-0.2, 0) is 24.0 Å². The van der Waals surface area contributed by atoms with E-state index in [9.17, 15) is 29.1 Å². The van der Waals surface area contributed by atoms with Crippen LogP contribution in [-0.4, -0.2) is 58.1 Å². The summed E-state index contributed by atoms with van der Waals surface area (Å²) >= 11 is 0. The van der Waals surface area contributed by atoms with Crippen LogP contribution in [0.4, 0.5) is 0 Å². The number of carboxylic acids is 1. The number of fused-ring (bicyclic) bond motifs is 3. The van der Waals surface area contributed by atoms with E-state index in [4.69, 9.17) is 9.84 Å². The van der Waals surface area contributed by atoms with Crippen LogP contribution in [0.5, 0.6) is 11.5 Å². The highest BCUT2D eigenvalue weighted by molar-refractivity contribution is 6.23. The highest BCUT2D eigenvalue weighted by Gasteiger charge is 2.56. The van der Waals surface area contributed by atoms with Crippen molar-refractivity contribution in [1.29, 1.82) is 0 Å². The molecule has 37 heavy (non-hydrogen) atoms. The highest BCUT2D eigenvalue weighted by atomic mass is 16.5. The molecule has 0 aromatic heterocycles. The first kappa shape index (κ1) is 24.7. The molecule has 9 heteroatoms. The van der Waals surface area contributed by atoms with Crippen LogP contribution in [0.1, 0.15) is 44.1 Å². The van der Waals surface area contributed by atoms with Gasteiger partial charge in [0, 0.05) is 41.2 Å². The fraction of sp³-hybridized carbons (Fsp3) is 0.393. The fourth-order valence-electron chi connectivity index (χ4n) is 6.39. The number of likely N-dealkylation sites (tertiary alicyclic amines) is 1.